The van der Waals surface area contributed by atoms with E-state index in [-0.39, 0.29) is 11.6 Å². The number of nitrogens with zero attached hydrogens (tertiary/aromatic N) is 2. The quantitative estimate of drug-likeness (QED) is 0.621. The van der Waals surface area contributed by atoms with Gasteiger partial charge in [0.05, 0.1) is 0 Å². The highest BCUT2D eigenvalue weighted by molar-refractivity contribution is 7.98. The van der Waals surface area contributed by atoms with Crippen molar-refractivity contribution in [2.24, 2.45) is 5.92 Å². The Morgan fingerprint density at radius 1 is 1.47 bits per heavy atom. The summed E-state index contributed by atoms with van der Waals surface area (Å²) in [5, 5.41) is 12.7. The van der Waals surface area contributed by atoms with Crippen LogP contribution in [0.2, 0.25) is 0 Å². The van der Waals surface area contributed by atoms with Crippen LogP contribution in [-0.2, 0) is 0 Å². The lowest BCUT2D eigenvalue weighted by Crippen LogP contribution is -2.24. The maximum absolute atomic E-state index is 11.0. The summed E-state index contributed by atoms with van der Waals surface area (Å²) in [6.07, 6.45) is 3.20. The van der Waals surface area contributed by atoms with Crippen molar-refractivity contribution in [2.45, 2.75) is 32.0 Å². The van der Waals surface area contributed by atoms with Crippen molar-refractivity contribution in [3.8, 4) is 0 Å². The molecule has 2 N–H and O–H groups in total. The molecule has 17 heavy (non-hydrogen) atoms. The van der Waals surface area contributed by atoms with Crippen molar-refractivity contribution in [1.29, 1.82) is 0 Å². The third kappa shape index (κ3) is 3.59. The fourth-order valence-electron chi connectivity index (χ4n) is 1.11. The topological polar surface area (TPSA) is 75.1 Å². The Bertz CT molecular complexity index is 410. The van der Waals surface area contributed by atoms with E-state index in [2.05, 4.69) is 29.1 Å². The van der Waals surface area contributed by atoms with Crippen LogP contribution < -0.4 is 5.32 Å². The molecule has 1 aromatic heterocycles. The molecule has 0 fully saturated rings. The highest BCUT2D eigenvalue weighted by atomic mass is 32.2. The Balaban J connectivity index is 3.05. The standard InChI is InChI=1S/C11H17N3O2S/c1-6(2)7(3)13-9-8(10(15)16)5-12-11(14-9)17-4/h5-7H,1-4H3,(H,15,16)(H,12,13,14)/t7-/m1/s1. The first-order valence-electron chi connectivity index (χ1n) is 5.36. The molecule has 6 heteroatoms. The number of nitrogens with one attached hydrogen (secondary N) is 1. The third-order valence-corrected chi connectivity index (χ3v) is 3.11. The molecule has 1 heterocycles. The van der Waals surface area contributed by atoms with Gasteiger partial charge in [0.15, 0.2) is 5.16 Å². The summed E-state index contributed by atoms with van der Waals surface area (Å²) in [5.41, 5.74) is 0.107. The summed E-state index contributed by atoms with van der Waals surface area (Å²) >= 11 is 1.38. The van der Waals surface area contributed by atoms with Crippen LogP contribution in [0.25, 0.3) is 0 Å². The number of aromatic nitrogens is 2. The molecule has 1 aromatic rings. The Hall–Kier alpha value is -1.30. The van der Waals surface area contributed by atoms with Crippen LogP contribution in [0.3, 0.4) is 0 Å². The van der Waals surface area contributed by atoms with Crippen LogP contribution in [0.1, 0.15) is 31.1 Å². The van der Waals surface area contributed by atoms with Gasteiger partial charge in [-0.25, -0.2) is 14.8 Å². The number of hydrogen-bond acceptors (Lipinski definition) is 5. The van der Waals surface area contributed by atoms with Crippen LogP contribution in [0.5, 0.6) is 0 Å². The van der Waals surface area contributed by atoms with Gasteiger partial charge in [-0.2, -0.15) is 0 Å². The number of rotatable bonds is 5. The van der Waals surface area contributed by atoms with Gasteiger partial charge in [0.1, 0.15) is 11.4 Å². The highest BCUT2D eigenvalue weighted by Gasteiger charge is 2.16. The number of carbonyl (C=O) groups is 1. The van der Waals surface area contributed by atoms with Crippen molar-refractivity contribution < 1.29 is 9.90 Å². The van der Waals surface area contributed by atoms with E-state index in [9.17, 15) is 4.79 Å². The van der Waals surface area contributed by atoms with Gasteiger partial charge in [-0.15, -0.1) is 0 Å². The lowest BCUT2D eigenvalue weighted by Gasteiger charge is -2.19. The number of thioether (sulfide) groups is 1. The van der Waals surface area contributed by atoms with E-state index in [4.69, 9.17) is 5.11 Å². The van der Waals surface area contributed by atoms with Crippen molar-refractivity contribution >= 4 is 23.5 Å². The Kier molecular flexibility index (Phi) is 4.74. The molecule has 0 spiro atoms. The van der Waals surface area contributed by atoms with Crippen molar-refractivity contribution in [3.05, 3.63) is 11.8 Å². The maximum atomic E-state index is 11.0. The second kappa shape index (κ2) is 5.86. The predicted molar refractivity (Wildman–Crippen MR) is 68.7 cm³/mol. The average Bonchev–Trinajstić information content (AvgIpc) is 2.28. The minimum atomic E-state index is -1.02. The van der Waals surface area contributed by atoms with Crippen molar-refractivity contribution in [1.82, 2.24) is 9.97 Å². The molecule has 0 aliphatic rings. The fourth-order valence-corrected chi connectivity index (χ4v) is 1.45. The summed E-state index contributed by atoms with van der Waals surface area (Å²) in [4.78, 5) is 19.2. The smallest absolute Gasteiger partial charge is 0.341 e. The van der Waals surface area contributed by atoms with Crippen molar-refractivity contribution in [3.63, 3.8) is 0 Å². The van der Waals surface area contributed by atoms with Crippen LogP contribution in [-0.4, -0.2) is 33.3 Å². The molecule has 0 saturated heterocycles. The fraction of sp³-hybridized carbons (Fsp3) is 0.545. The molecule has 5 nitrogen and oxygen atoms in total. The van der Waals surface area contributed by atoms with E-state index >= 15 is 0 Å². The first kappa shape index (κ1) is 13.8. The summed E-state index contributed by atoms with van der Waals surface area (Å²) in [6.45, 7) is 6.13. The zero-order chi connectivity index (χ0) is 13.0. The summed E-state index contributed by atoms with van der Waals surface area (Å²) in [6, 6.07) is 0.151. The van der Waals surface area contributed by atoms with Gasteiger partial charge in [-0.05, 0) is 19.1 Å². The largest absolute Gasteiger partial charge is 0.477 e. The van der Waals surface area contributed by atoms with E-state index in [1.165, 1.54) is 18.0 Å². The van der Waals surface area contributed by atoms with Gasteiger partial charge in [0.25, 0.3) is 0 Å². The van der Waals surface area contributed by atoms with Crippen LogP contribution in [0.15, 0.2) is 11.4 Å². The molecule has 0 saturated carbocycles. The maximum Gasteiger partial charge on any atom is 0.341 e. The zero-order valence-electron chi connectivity index (χ0n) is 10.4. The van der Waals surface area contributed by atoms with E-state index in [1.807, 2.05) is 13.2 Å². The van der Waals surface area contributed by atoms with Gasteiger partial charge in [0, 0.05) is 12.2 Å². The lowest BCUT2D eigenvalue weighted by atomic mass is 10.1. The molecule has 94 valence electrons. The van der Waals surface area contributed by atoms with E-state index in [1.54, 1.807) is 0 Å². The van der Waals surface area contributed by atoms with Gasteiger partial charge < -0.3 is 10.4 Å². The Morgan fingerprint density at radius 2 is 2.12 bits per heavy atom. The molecule has 0 unspecified atom stereocenters. The SMILES string of the molecule is CSc1ncc(C(=O)O)c(N[C@H](C)C(C)C)n1. The molecule has 0 aliphatic heterocycles. The number of hydrogen-bond donors (Lipinski definition) is 2. The molecule has 0 aromatic carbocycles. The molecule has 0 bridgehead atoms. The van der Waals surface area contributed by atoms with E-state index in [0.717, 1.165) is 0 Å². The van der Waals surface area contributed by atoms with Gasteiger partial charge in [0.2, 0.25) is 0 Å². The second-order valence-corrected chi connectivity index (χ2v) is 4.87. The first-order valence-corrected chi connectivity index (χ1v) is 6.59. The van der Waals surface area contributed by atoms with E-state index < -0.39 is 5.97 Å². The number of carboxylic acid groups (broad SMARTS) is 1. The molecule has 0 aliphatic carbocycles. The Morgan fingerprint density at radius 3 is 2.59 bits per heavy atom. The molecular weight excluding hydrogens is 238 g/mol. The summed E-state index contributed by atoms with van der Waals surface area (Å²) in [5.74, 6) is -0.238. The normalized spacial score (nSPS) is 12.5. The molecule has 1 atom stereocenters. The third-order valence-electron chi connectivity index (χ3n) is 2.54. The van der Waals surface area contributed by atoms with Crippen LogP contribution in [0, 0.1) is 5.92 Å². The Labute approximate surface area is 105 Å². The first-order chi connectivity index (χ1) is 7.95. The minimum absolute atomic E-state index is 0.107. The predicted octanol–water partition coefficient (Wildman–Crippen LogP) is 2.35. The number of carboxylic acids is 1. The monoisotopic (exact) mass is 255 g/mol. The highest BCUT2D eigenvalue weighted by Crippen LogP contribution is 2.18. The molecular formula is C11H17N3O2S. The van der Waals surface area contributed by atoms with Crippen LogP contribution in [0.4, 0.5) is 5.82 Å². The minimum Gasteiger partial charge on any atom is -0.477 e. The zero-order valence-corrected chi connectivity index (χ0v) is 11.2. The summed E-state index contributed by atoms with van der Waals surface area (Å²) in [7, 11) is 0. The molecule has 0 amide bonds. The molecule has 0 radical (unpaired) electrons. The van der Waals surface area contributed by atoms with Gasteiger partial charge in [-0.1, -0.05) is 25.6 Å². The van der Waals surface area contributed by atoms with E-state index in [0.29, 0.717) is 16.9 Å². The summed E-state index contributed by atoms with van der Waals surface area (Å²) < 4.78 is 0. The second-order valence-electron chi connectivity index (χ2n) is 4.10. The average molecular weight is 255 g/mol. The van der Waals surface area contributed by atoms with Gasteiger partial charge >= 0.3 is 5.97 Å². The lowest BCUT2D eigenvalue weighted by molar-refractivity contribution is 0.0697. The van der Waals surface area contributed by atoms with Crippen LogP contribution >= 0.6 is 11.8 Å². The van der Waals surface area contributed by atoms with Crippen molar-refractivity contribution in [2.75, 3.05) is 11.6 Å². The number of aromatic carboxylic acids is 1. The number of anilines is 1. The van der Waals surface area contributed by atoms with Gasteiger partial charge in [-0.3, -0.25) is 0 Å². The molecule has 1 rings (SSSR count).